The van der Waals surface area contributed by atoms with Crippen molar-refractivity contribution < 1.29 is 54.5 Å². The van der Waals surface area contributed by atoms with E-state index in [4.69, 9.17) is 10.2 Å². The summed E-state index contributed by atoms with van der Waals surface area (Å²) in [7, 11) is 1.00. The van der Waals surface area contributed by atoms with Crippen LogP contribution in [0.2, 0.25) is 0 Å². The van der Waals surface area contributed by atoms with Gasteiger partial charge < -0.3 is 10.2 Å². The molecule has 0 aliphatic heterocycles. The highest BCUT2D eigenvalue weighted by molar-refractivity contribution is 5.77. The van der Waals surface area contributed by atoms with E-state index in [1.807, 2.05) is 0 Å². The zero-order valence-corrected chi connectivity index (χ0v) is 8.20. The first-order valence-electron chi connectivity index (χ1n) is 3.58. The molecule has 0 aliphatic rings. The molecule has 0 amide bonds. The fourth-order valence-electron chi connectivity index (χ4n) is 0.509. The largest absolute Gasteiger partial charge is 0.477 e. The number of aliphatic hydroxyl groups is 1. The number of rotatable bonds is 3. The van der Waals surface area contributed by atoms with E-state index >= 15 is 0 Å². The Balaban J connectivity index is 0. The van der Waals surface area contributed by atoms with E-state index in [1.54, 1.807) is 0 Å². The molecule has 0 saturated heterocycles. The number of carboxylic acids is 1. The third kappa shape index (κ3) is 2.79. The molecule has 0 heterocycles. The maximum absolute atomic E-state index is 12.1. The summed E-state index contributed by atoms with van der Waals surface area (Å²) in [6.07, 6.45) is -7.00. The van der Waals surface area contributed by atoms with Crippen molar-refractivity contribution >= 4 is 5.97 Å². The molecular weight excluding hydrogens is 291 g/mol. The Kier molecular flexibility index (Phi) is 5.53. The third-order valence-corrected chi connectivity index (χ3v) is 1.41. The Labute approximate surface area is 92.8 Å². The van der Waals surface area contributed by atoms with Crippen molar-refractivity contribution in [3.63, 3.8) is 0 Å². The molecule has 3 nitrogen and oxygen atoms in total. The van der Waals surface area contributed by atoms with Gasteiger partial charge in [-0.05, 0) is 0 Å². The van der Waals surface area contributed by atoms with E-state index < -0.39 is 29.9 Å². The van der Waals surface area contributed by atoms with Gasteiger partial charge >= 0.3 is 29.9 Å². The number of hydrogen-bond acceptors (Lipinski definition) is 2. The lowest BCUT2D eigenvalue weighted by Gasteiger charge is -2.31. The van der Waals surface area contributed by atoms with Gasteiger partial charge in [-0.25, -0.2) is 4.79 Å². The Bertz CT molecular complexity index is 295. The lowest BCUT2D eigenvalue weighted by Crippen LogP contribution is -2.63. The van der Waals surface area contributed by atoms with Crippen LogP contribution in [-0.4, -0.2) is 47.2 Å². The summed E-state index contributed by atoms with van der Waals surface area (Å²) in [5.41, 5.74) is 0. The van der Waals surface area contributed by atoms with Crippen molar-refractivity contribution in [1.82, 2.24) is 0 Å². The van der Waals surface area contributed by atoms with Gasteiger partial charge in [0, 0.05) is 7.11 Å². The van der Waals surface area contributed by atoms with Crippen LogP contribution in [0.3, 0.4) is 0 Å². The molecule has 0 fully saturated rings. The molecule has 0 rings (SSSR count). The van der Waals surface area contributed by atoms with Gasteiger partial charge in [-0.15, -0.1) is 0 Å². The van der Waals surface area contributed by atoms with Gasteiger partial charge in [-0.2, -0.15) is 39.5 Å². The van der Waals surface area contributed by atoms with E-state index in [0.29, 0.717) is 0 Å². The Morgan fingerprint density at radius 1 is 0.778 bits per heavy atom. The Hall–Kier alpha value is -1.20. The molecular formula is C6H5F9O3. The predicted octanol–water partition coefficient (Wildman–Crippen LogP) is 2.15. The first-order valence-corrected chi connectivity index (χ1v) is 3.58. The number of carboxylic acid groups (broad SMARTS) is 1. The fraction of sp³-hybridized carbons (Fsp3) is 0.833. The zero-order valence-electron chi connectivity index (χ0n) is 8.20. The normalized spacial score (nSPS) is 13.7. The molecule has 0 radical (unpaired) electrons. The first-order chi connectivity index (χ1) is 7.69. The van der Waals surface area contributed by atoms with Crippen molar-refractivity contribution in [3.05, 3.63) is 0 Å². The summed E-state index contributed by atoms with van der Waals surface area (Å²) in [5.74, 6) is -24.6. The number of alkyl halides is 9. The van der Waals surface area contributed by atoms with Crippen LogP contribution in [0.5, 0.6) is 0 Å². The van der Waals surface area contributed by atoms with Crippen molar-refractivity contribution in [2.45, 2.75) is 23.9 Å². The average molecular weight is 296 g/mol. The SMILES string of the molecule is CO.O=C(O)C(F)(F)C(F)(F)C(F)(F)C(F)(F)F. The quantitative estimate of drug-likeness (QED) is 0.785. The number of halogens is 9. The molecule has 0 aliphatic carbocycles. The number of hydrogen-bond donors (Lipinski definition) is 2. The van der Waals surface area contributed by atoms with E-state index in [0.717, 1.165) is 7.11 Å². The van der Waals surface area contributed by atoms with Gasteiger partial charge in [0.05, 0.1) is 0 Å². The highest BCUT2D eigenvalue weighted by atomic mass is 19.4. The zero-order chi connectivity index (χ0) is 15.6. The molecule has 2 N–H and O–H groups in total. The first kappa shape index (κ1) is 19.1. The minimum absolute atomic E-state index is 1.00. The van der Waals surface area contributed by atoms with Crippen LogP contribution < -0.4 is 0 Å². The molecule has 0 aromatic heterocycles. The van der Waals surface area contributed by atoms with Crippen molar-refractivity contribution in [2.24, 2.45) is 0 Å². The molecule has 0 atom stereocenters. The van der Waals surface area contributed by atoms with Crippen LogP contribution in [0.15, 0.2) is 0 Å². The van der Waals surface area contributed by atoms with Crippen molar-refractivity contribution in [2.75, 3.05) is 7.11 Å². The molecule has 0 unspecified atom stereocenters. The summed E-state index contributed by atoms with van der Waals surface area (Å²) in [6, 6.07) is 0. The van der Waals surface area contributed by atoms with Crippen molar-refractivity contribution in [1.29, 1.82) is 0 Å². The van der Waals surface area contributed by atoms with Gasteiger partial charge in [-0.1, -0.05) is 0 Å². The van der Waals surface area contributed by atoms with Gasteiger partial charge in [0.25, 0.3) is 0 Å². The molecule has 18 heavy (non-hydrogen) atoms. The minimum Gasteiger partial charge on any atom is -0.477 e. The third-order valence-electron chi connectivity index (χ3n) is 1.41. The Morgan fingerprint density at radius 3 is 1.22 bits per heavy atom. The highest BCUT2D eigenvalue weighted by Crippen LogP contribution is 2.52. The summed E-state index contributed by atoms with van der Waals surface area (Å²) in [5, 5.41) is 14.5. The van der Waals surface area contributed by atoms with E-state index in [-0.39, 0.29) is 0 Å². The lowest BCUT2D eigenvalue weighted by molar-refractivity contribution is -0.390. The molecule has 0 spiro atoms. The Morgan fingerprint density at radius 2 is 1.06 bits per heavy atom. The number of aliphatic hydroxyl groups excluding tert-OH is 1. The van der Waals surface area contributed by atoms with Gasteiger partial charge in [0.2, 0.25) is 0 Å². The molecule has 110 valence electrons. The van der Waals surface area contributed by atoms with Crippen molar-refractivity contribution in [3.8, 4) is 0 Å². The maximum atomic E-state index is 12.1. The standard InChI is InChI=1S/C5HF9O2.CH4O/c6-2(7,1(15)16)3(8,9)4(10,11)5(12,13)14;1-2/h(H,15,16);2H,1H3. The maximum Gasteiger partial charge on any atom is 0.460 e. The summed E-state index contributed by atoms with van der Waals surface area (Å²) < 4.78 is 106. The average Bonchev–Trinajstić information content (AvgIpc) is 2.18. The van der Waals surface area contributed by atoms with Crippen LogP contribution in [0.1, 0.15) is 0 Å². The van der Waals surface area contributed by atoms with Crippen LogP contribution in [0.25, 0.3) is 0 Å². The second-order valence-corrected chi connectivity index (χ2v) is 2.53. The molecule has 0 bridgehead atoms. The second kappa shape index (κ2) is 5.20. The van der Waals surface area contributed by atoms with Gasteiger partial charge in [0.1, 0.15) is 0 Å². The summed E-state index contributed by atoms with van der Waals surface area (Å²) >= 11 is 0. The molecule has 0 saturated carbocycles. The molecule has 0 aromatic rings. The summed E-state index contributed by atoms with van der Waals surface area (Å²) in [6.45, 7) is 0. The topological polar surface area (TPSA) is 57.5 Å². The molecule has 0 aromatic carbocycles. The lowest BCUT2D eigenvalue weighted by atomic mass is 10.0. The van der Waals surface area contributed by atoms with E-state index in [9.17, 15) is 44.3 Å². The fourth-order valence-corrected chi connectivity index (χ4v) is 0.509. The van der Waals surface area contributed by atoms with Gasteiger partial charge in [0.15, 0.2) is 0 Å². The predicted molar refractivity (Wildman–Crippen MR) is 36.7 cm³/mol. The van der Waals surface area contributed by atoms with Crippen LogP contribution in [0, 0.1) is 0 Å². The van der Waals surface area contributed by atoms with Crippen LogP contribution in [-0.2, 0) is 4.79 Å². The van der Waals surface area contributed by atoms with Crippen LogP contribution >= 0.6 is 0 Å². The van der Waals surface area contributed by atoms with Gasteiger partial charge in [-0.3, -0.25) is 0 Å². The van der Waals surface area contributed by atoms with E-state index in [1.165, 1.54) is 0 Å². The van der Waals surface area contributed by atoms with Crippen LogP contribution in [0.4, 0.5) is 39.5 Å². The number of carbonyl (C=O) groups is 1. The summed E-state index contributed by atoms with van der Waals surface area (Å²) in [4.78, 5) is 9.51. The molecule has 12 heteroatoms. The second-order valence-electron chi connectivity index (χ2n) is 2.53. The highest BCUT2D eigenvalue weighted by Gasteiger charge is 2.84. The number of aliphatic carboxylic acids is 1. The van der Waals surface area contributed by atoms with E-state index in [2.05, 4.69) is 0 Å². The monoisotopic (exact) mass is 296 g/mol. The minimum atomic E-state index is -7.16. The smallest absolute Gasteiger partial charge is 0.460 e.